The lowest BCUT2D eigenvalue weighted by Crippen LogP contribution is -2.72. The van der Waals surface area contributed by atoms with Crippen LogP contribution in [0.15, 0.2) is 121 Å². The molecule has 0 radical (unpaired) electrons. The number of carbonyl (C=O) groups excluding carboxylic acids is 1. The highest BCUT2D eigenvalue weighted by Crippen LogP contribution is 2.34. The molecule has 1 saturated heterocycles. The zero-order valence-corrected chi connectivity index (χ0v) is 28.1. The molecule has 1 aliphatic heterocycles. The summed E-state index contributed by atoms with van der Waals surface area (Å²) in [5.41, 5.74) is 2.54. The maximum absolute atomic E-state index is 14.1. The molecular weight excluding hydrogens is 624 g/mol. The van der Waals surface area contributed by atoms with Crippen molar-refractivity contribution in [2.24, 2.45) is 0 Å². The Morgan fingerprint density at radius 1 is 0.633 bits per heavy atom. The standard InChI is InChI=1S/C39H44N2O8/c1-39(2,3)49-38(42)40-33(28-45-24-29-16-8-4-9-17-29)34(46-25-30-18-10-5-11-19-30)35(47-26-31-20-12-6-13-21-31)36(37(40)41(43)44)48-27-32-22-14-7-15-23-32/h4-23,33-37H,24-28H2,1-3H3/t33-,34-,35+,36-,37+/m1/s1. The van der Waals surface area contributed by atoms with Gasteiger partial charge in [0.1, 0.15) is 17.8 Å². The van der Waals surface area contributed by atoms with E-state index in [1.54, 1.807) is 20.8 Å². The summed E-state index contributed by atoms with van der Waals surface area (Å²) in [5.74, 6) is 0. The fourth-order valence-electron chi connectivity index (χ4n) is 5.79. The molecule has 1 aliphatic rings. The van der Waals surface area contributed by atoms with Crippen LogP contribution < -0.4 is 0 Å². The molecule has 10 heteroatoms. The van der Waals surface area contributed by atoms with Gasteiger partial charge in [-0.2, -0.15) is 0 Å². The highest BCUT2D eigenvalue weighted by Gasteiger charge is 2.59. The SMILES string of the molecule is CC(C)(C)OC(=O)N1[C@H](COCc2ccccc2)[C@@H](OCc2ccccc2)[C@H](OCc2ccccc2)[C@@H](OCc2ccccc2)[C@@H]1[N+](=O)[O-]. The number of carbonyl (C=O) groups is 1. The number of likely N-dealkylation sites (tertiary alicyclic amines) is 1. The first-order valence-corrected chi connectivity index (χ1v) is 16.4. The number of amides is 1. The molecule has 1 amide bonds. The molecule has 0 spiro atoms. The van der Waals surface area contributed by atoms with Crippen molar-refractivity contribution in [3.05, 3.63) is 154 Å². The Balaban J connectivity index is 1.57. The van der Waals surface area contributed by atoms with Crippen molar-refractivity contribution in [1.82, 2.24) is 4.90 Å². The van der Waals surface area contributed by atoms with Crippen molar-refractivity contribution in [1.29, 1.82) is 0 Å². The van der Waals surface area contributed by atoms with E-state index in [1.807, 2.05) is 121 Å². The molecule has 258 valence electrons. The zero-order chi connectivity index (χ0) is 34.6. The Kier molecular flexibility index (Phi) is 12.5. The third kappa shape index (κ3) is 10.2. The predicted octanol–water partition coefficient (Wildman–Crippen LogP) is 7.18. The van der Waals surface area contributed by atoms with Crippen LogP contribution in [-0.4, -0.2) is 58.6 Å². The van der Waals surface area contributed by atoms with Gasteiger partial charge < -0.3 is 23.7 Å². The van der Waals surface area contributed by atoms with Gasteiger partial charge >= 0.3 is 12.3 Å². The van der Waals surface area contributed by atoms with Gasteiger partial charge in [0.2, 0.25) is 0 Å². The molecular formula is C39H44N2O8. The second-order valence-electron chi connectivity index (χ2n) is 12.9. The van der Waals surface area contributed by atoms with E-state index < -0.39 is 47.1 Å². The first-order chi connectivity index (χ1) is 23.7. The lowest BCUT2D eigenvalue weighted by molar-refractivity contribution is -0.572. The van der Waals surface area contributed by atoms with E-state index in [-0.39, 0.29) is 33.0 Å². The minimum absolute atomic E-state index is 0.0454. The van der Waals surface area contributed by atoms with Crippen molar-refractivity contribution in [3.63, 3.8) is 0 Å². The van der Waals surface area contributed by atoms with Gasteiger partial charge in [-0.15, -0.1) is 0 Å². The summed E-state index contributed by atoms with van der Waals surface area (Å²) in [4.78, 5) is 27.9. The molecule has 0 bridgehead atoms. The summed E-state index contributed by atoms with van der Waals surface area (Å²) < 4.78 is 31.7. The Labute approximate surface area is 287 Å². The van der Waals surface area contributed by atoms with Gasteiger partial charge in [0.25, 0.3) is 0 Å². The van der Waals surface area contributed by atoms with Crippen molar-refractivity contribution < 1.29 is 33.4 Å². The van der Waals surface area contributed by atoms with E-state index >= 15 is 0 Å². The lowest BCUT2D eigenvalue weighted by Gasteiger charge is -2.48. The zero-order valence-electron chi connectivity index (χ0n) is 28.1. The van der Waals surface area contributed by atoms with E-state index in [1.165, 1.54) is 0 Å². The summed E-state index contributed by atoms with van der Waals surface area (Å²) in [6.45, 7) is 5.62. The average Bonchev–Trinajstić information content (AvgIpc) is 3.10. The van der Waals surface area contributed by atoms with E-state index in [9.17, 15) is 14.9 Å². The third-order valence-corrected chi connectivity index (χ3v) is 8.04. The summed E-state index contributed by atoms with van der Waals surface area (Å²) >= 11 is 0. The maximum Gasteiger partial charge on any atom is 0.416 e. The van der Waals surface area contributed by atoms with Crippen LogP contribution >= 0.6 is 0 Å². The lowest BCUT2D eigenvalue weighted by atomic mass is 9.91. The van der Waals surface area contributed by atoms with Gasteiger partial charge in [0.15, 0.2) is 6.10 Å². The highest BCUT2D eigenvalue weighted by atomic mass is 16.6. The minimum Gasteiger partial charge on any atom is -0.444 e. The van der Waals surface area contributed by atoms with Crippen molar-refractivity contribution >= 4 is 6.09 Å². The Bertz CT molecular complexity index is 1590. The maximum atomic E-state index is 14.1. The van der Waals surface area contributed by atoms with Crippen LogP contribution in [0.5, 0.6) is 0 Å². The summed E-state index contributed by atoms with van der Waals surface area (Å²) in [7, 11) is 0. The summed E-state index contributed by atoms with van der Waals surface area (Å²) in [6, 6.07) is 37.1. The second kappa shape index (κ2) is 17.2. The van der Waals surface area contributed by atoms with Crippen molar-refractivity contribution in [2.45, 2.75) is 83.3 Å². The molecule has 0 aliphatic carbocycles. The Morgan fingerprint density at radius 3 is 1.43 bits per heavy atom. The minimum atomic E-state index is -1.68. The number of nitro groups is 1. The summed E-state index contributed by atoms with van der Waals surface area (Å²) in [6.07, 6.45) is -5.68. The largest absolute Gasteiger partial charge is 0.444 e. The van der Waals surface area contributed by atoms with Gasteiger partial charge in [-0.25, -0.2) is 9.69 Å². The number of hydrogen-bond acceptors (Lipinski definition) is 8. The van der Waals surface area contributed by atoms with Crippen LogP contribution in [0, 0.1) is 10.1 Å². The van der Waals surface area contributed by atoms with Crippen LogP contribution in [0.4, 0.5) is 4.79 Å². The molecule has 0 saturated carbocycles. The quantitative estimate of drug-likeness (QED) is 0.103. The fraction of sp³-hybridized carbons (Fsp3) is 0.359. The Morgan fingerprint density at radius 2 is 1.02 bits per heavy atom. The molecule has 5 atom stereocenters. The summed E-state index contributed by atoms with van der Waals surface area (Å²) in [5, 5.41) is 13.1. The normalized spacial score (nSPS) is 20.9. The van der Waals surface area contributed by atoms with E-state index in [2.05, 4.69) is 0 Å². The monoisotopic (exact) mass is 668 g/mol. The molecule has 1 heterocycles. The van der Waals surface area contributed by atoms with Crippen molar-refractivity contribution in [2.75, 3.05) is 6.61 Å². The number of rotatable bonds is 14. The smallest absolute Gasteiger partial charge is 0.416 e. The first-order valence-electron chi connectivity index (χ1n) is 16.4. The molecule has 0 aromatic heterocycles. The molecule has 10 nitrogen and oxygen atoms in total. The third-order valence-electron chi connectivity index (χ3n) is 8.04. The molecule has 49 heavy (non-hydrogen) atoms. The van der Waals surface area contributed by atoms with Crippen molar-refractivity contribution in [3.8, 4) is 0 Å². The van der Waals surface area contributed by atoms with Crippen LogP contribution in [0.25, 0.3) is 0 Å². The first kappa shape index (κ1) is 35.7. The number of benzene rings is 4. The van der Waals surface area contributed by atoms with Crippen LogP contribution in [0.2, 0.25) is 0 Å². The fourth-order valence-corrected chi connectivity index (χ4v) is 5.79. The van der Waals surface area contributed by atoms with Gasteiger partial charge in [-0.3, -0.25) is 10.1 Å². The average molecular weight is 669 g/mol. The topological polar surface area (TPSA) is 110 Å². The van der Waals surface area contributed by atoms with E-state index in [4.69, 9.17) is 23.7 Å². The van der Waals surface area contributed by atoms with E-state index in [0.717, 1.165) is 27.2 Å². The molecule has 4 aromatic rings. The highest BCUT2D eigenvalue weighted by molar-refractivity contribution is 5.69. The van der Waals surface area contributed by atoms with Crippen LogP contribution in [0.1, 0.15) is 43.0 Å². The molecule has 5 rings (SSSR count). The van der Waals surface area contributed by atoms with Crippen LogP contribution in [-0.2, 0) is 50.1 Å². The van der Waals surface area contributed by atoms with Gasteiger partial charge in [0, 0.05) is 4.92 Å². The number of ether oxygens (including phenoxy) is 5. The Hall–Kier alpha value is -4.61. The molecule has 0 unspecified atom stereocenters. The van der Waals surface area contributed by atoms with Gasteiger partial charge in [-0.05, 0) is 43.0 Å². The molecule has 4 aromatic carbocycles. The number of nitrogens with zero attached hydrogens (tertiary/aromatic N) is 2. The van der Waals surface area contributed by atoms with E-state index in [0.29, 0.717) is 0 Å². The predicted molar refractivity (Wildman–Crippen MR) is 184 cm³/mol. The molecule has 1 fully saturated rings. The second-order valence-corrected chi connectivity index (χ2v) is 12.9. The number of piperidine rings is 1. The van der Waals surface area contributed by atoms with Gasteiger partial charge in [0.05, 0.1) is 39.1 Å². The van der Waals surface area contributed by atoms with Crippen LogP contribution in [0.3, 0.4) is 0 Å². The number of hydrogen-bond donors (Lipinski definition) is 0. The molecule has 0 N–H and O–H groups in total. The van der Waals surface area contributed by atoms with Gasteiger partial charge in [-0.1, -0.05) is 121 Å².